The van der Waals surface area contributed by atoms with Crippen molar-refractivity contribution in [1.82, 2.24) is 0 Å². The predicted octanol–water partition coefficient (Wildman–Crippen LogP) is 0.611. The summed E-state index contributed by atoms with van der Waals surface area (Å²) >= 11 is 0. The molecule has 20 valence electrons. The van der Waals surface area contributed by atoms with Gasteiger partial charge in [-0.3, -0.25) is 0 Å². The molecule has 0 aromatic rings. The van der Waals surface area contributed by atoms with Crippen LogP contribution in [0, 0.1) is 18.8 Å². The summed E-state index contributed by atoms with van der Waals surface area (Å²) in [6.07, 6.45) is 0. The Balaban J connectivity index is 0. The van der Waals surface area contributed by atoms with E-state index in [0.717, 1.165) is 0 Å². The molecule has 0 fully saturated rings. The summed E-state index contributed by atoms with van der Waals surface area (Å²) in [4.78, 5) is 0. The van der Waals surface area contributed by atoms with Gasteiger partial charge in [-0.05, 0) is 0 Å². The molecule has 0 unspecified atom stereocenters. The Hall–Kier alpha value is -0.510. The summed E-state index contributed by atoms with van der Waals surface area (Å²) in [7, 11) is 0. The summed E-state index contributed by atoms with van der Waals surface area (Å²) in [6.45, 7) is 1.43. The molecule has 0 saturated heterocycles. The topological polar surface area (TPSA) is 23.8 Å². The molecule has 0 rings (SSSR count). The minimum Gasteiger partial charge on any atom is -0.199 e. The highest BCUT2D eigenvalue weighted by molar-refractivity contribution is 4.51. The maximum atomic E-state index is 7.32. The molecular weight excluding hydrogens is 50.0 g/mol. The third-order valence-electron chi connectivity index (χ3n) is 0. The Morgan fingerprint density at radius 2 is 1.75 bits per heavy atom. The summed E-state index contributed by atoms with van der Waals surface area (Å²) in [6, 6.07) is 1.75. The lowest BCUT2D eigenvalue weighted by molar-refractivity contribution is 1.49. The summed E-state index contributed by atoms with van der Waals surface area (Å²) in [5, 5.41) is 7.32. The smallest absolute Gasteiger partial charge is 0.0587 e. The van der Waals surface area contributed by atoms with Crippen molar-refractivity contribution in [3.8, 4) is 6.07 Å². The first kappa shape index (κ1) is 9.75. The molecule has 0 aliphatic rings. The molecule has 1 nitrogen and oxygen atoms in total. The molecule has 0 aromatic heterocycles. The van der Waals surface area contributed by atoms with Crippen molar-refractivity contribution in [3.05, 3.63) is 7.43 Å². The van der Waals surface area contributed by atoms with Crippen LogP contribution in [0.5, 0.6) is 0 Å². The molecule has 0 heterocycles. The molecular formula is C3H3N. The van der Waals surface area contributed by atoms with Crippen LogP contribution in [-0.2, 0) is 0 Å². The Morgan fingerprint density at radius 3 is 1.75 bits per heavy atom. The molecule has 0 aliphatic heterocycles. The van der Waals surface area contributed by atoms with Crippen LogP contribution >= 0.6 is 0 Å². The van der Waals surface area contributed by atoms with Crippen molar-refractivity contribution in [2.24, 2.45) is 0 Å². The summed E-state index contributed by atoms with van der Waals surface area (Å²) in [5.74, 6) is 0. The number of rotatable bonds is 0. The molecule has 0 aliphatic carbocycles. The number of nitriles is 1. The molecule has 4 radical (unpaired) electrons. The molecule has 0 N–H and O–H groups in total. The highest BCUT2D eigenvalue weighted by atomic mass is 14.2. The molecule has 0 atom stereocenters. The van der Waals surface area contributed by atoms with Gasteiger partial charge in [-0.2, -0.15) is 5.26 Å². The fourth-order valence-corrected chi connectivity index (χ4v) is 0. The van der Waals surface area contributed by atoms with Gasteiger partial charge in [-0.15, -0.1) is 0 Å². The summed E-state index contributed by atoms with van der Waals surface area (Å²) < 4.78 is 0. The monoisotopic (exact) mass is 53.0 g/mol. The normalized spacial score (nSPS) is 2.00. The SMILES string of the molecule is CC#N.[C]. The second-order valence-electron chi connectivity index (χ2n) is 0.224. The van der Waals surface area contributed by atoms with Gasteiger partial charge in [0, 0.05) is 14.4 Å². The summed E-state index contributed by atoms with van der Waals surface area (Å²) in [5.41, 5.74) is 0. The first-order chi connectivity index (χ1) is 1.41. The van der Waals surface area contributed by atoms with Gasteiger partial charge in [0.25, 0.3) is 0 Å². The van der Waals surface area contributed by atoms with Gasteiger partial charge in [0.1, 0.15) is 0 Å². The lowest BCUT2D eigenvalue weighted by Gasteiger charge is -1.15. The van der Waals surface area contributed by atoms with Crippen LogP contribution in [0.3, 0.4) is 0 Å². The highest BCUT2D eigenvalue weighted by Gasteiger charge is 1.17. The van der Waals surface area contributed by atoms with E-state index in [1.807, 2.05) is 0 Å². The predicted molar refractivity (Wildman–Crippen MR) is 14.5 cm³/mol. The number of nitrogens with zero attached hydrogens (tertiary/aromatic N) is 1. The molecule has 0 bridgehead atoms. The average Bonchev–Trinajstić information content (AvgIpc) is 0.918. The number of hydrogen-bond acceptors (Lipinski definition) is 1. The van der Waals surface area contributed by atoms with E-state index in [0.29, 0.717) is 0 Å². The van der Waals surface area contributed by atoms with Crippen LogP contribution in [0.15, 0.2) is 0 Å². The first-order valence-corrected chi connectivity index (χ1v) is 0.724. The van der Waals surface area contributed by atoms with Gasteiger partial charge < -0.3 is 0 Å². The highest BCUT2D eigenvalue weighted by Crippen LogP contribution is 1.21. The van der Waals surface area contributed by atoms with Gasteiger partial charge in [-0.1, -0.05) is 0 Å². The van der Waals surface area contributed by atoms with E-state index in [9.17, 15) is 0 Å². The van der Waals surface area contributed by atoms with Crippen molar-refractivity contribution in [2.75, 3.05) is 0 Å². The largest absolute Gasteiger partial charge is 0.199 e. The van der Waals surface area contributed by atoms with Crippen molar-refractivity contribution in [1.29, 1.82) is 5.26 Å². The zero-order chi connectivity index (χ0) is 2.71. The van der Waals surface area contributed by atoms with Crippen molar-refractivity contribution in [3.63, 3.8) is 0 Å². The molecule has 4 heavy (non-hydrogen) atoms. The van der Waals surface area contributed by atoms with Crippen molar-refractivity contribution in [2.45, 2.75) is 6.92 Å². The van der Waals surface area contributed by atoms with E-state index in [1.165, 1.54) is 6.92 Å². The third kappa shape index (κ3) is 1.38. The maximum Gasteiger partial charge on any atom is 0.0587 e. The van der Waals surface area contributed by atoms with E-state index in [4.69, 9.17) is 5.26 Å². The quantitative estimate of drug-likeness (QED) is 0.397. The van der Waals surface area contributed by atoms with Crippen LogP contribution in [0.25, 0.3) is 0 Å². The molecule has 1 heteroatoms. The van der Waals surface area contributed by atoms with Crippen LogP contribution in [0.1, 0.15) is 6.92 Å². The standard InChI is InChI=1S/C2H3N.C/c1-2-3;/h1H3;. The minimum absolute atomic E-state index is 0. The fourth-order valence-electron chi connectivity index (χ4n) is 0. The second kappa shape index (κ2) is 23.0. The van der Waals surface area contributed by atoms with Gasteiger partial charge in [-0.25, -0.2) is 0 Å². The molecule has 0 spiro atoms. The van der Waals surface area contributed by atoms with Crippen molar-refractivity contribution >= 4 is 0 Å². The van der Waals surface area contributed by atoms with Crippen LogP contribution in [0.4, 0.5) is 0 Å². The van der Waals surface area contributed by atoms with E-state index in [2.05, 4.69) is 0 Å². The van der Waals surface area contributed by atoms with E-state index >= 15 is 0 Å². The van der Waals surface area contributed by atoms with Crippen molar-refractivity contribution < 1.29 is 0 Å². The van der Waals surface area contributed by atoms with Gasteiger partial charge in [0.05, 0.1) is 6.07 Å². The number of hydrogen-bond donors (Lipinski definition) is 0. The zero-order valence-electron chi connectivity index (χ0n) is 2.45. The Morgan fingerprint density at radius 1 is 1.75 bits per heavy atom. The second-order valence-corrected chi connectivity index (χ2v) is 0.224. The average molecular weight is 53.1 g/mol. The Bertz CT molecular complexity index is 24.8. The van der Waals surface area contributed by atoms with Crippen LogP contribution in [-0.4, -0.2) is 0 Å². The van der Waals surface area contributed by atoms with E-state index in [1.54, 1.807) is 6.07 Å². The third-order valence-corrected chi connectivity index (χ3v) is 0. The van der Waals surface area contributed by atoms with Crippen LogP contribution < -0.4 is 0 Å². The van der Waals surface area contributed by atoms with E-state index < -0.39 is 0 Å². The van der Waals surface area contributed by atoms with Gasteiger partial charge in [0.15, 0.2) is 0 Å². The molecule has 0 aromatic carbocycles. The maximum absolute atomic E-state index is 7.32. The lowest BCUT2D eigenvalue weighted by Crippen LogP contribution is -1.10. The van der Waals surface area contributed by atoms with Gasteiger partial charge in [0.2, 0.25) is 0 Å². The first-order valence-electron chi connectivity index (χ1n) is 0.724. The lowest BCUT2D eigenvalue weighted by atomic mass is 11.0. The minimum atomic E-state index is 0. The Kier molecular flexibility index (Phi) is 56.1. The fraction of sp³-hybridized carbons (Fsp3) is 0.333. The molecule has 0 amide bonds. The van der Waals surface area contributed by atoms with E-state index in [-0.39, 0.29) is 7.43 Å². The Labute approximate surface area is 26.9 Å². The zero-order valence-corrected chi connectivity index (χ0v) is 2.45. The van der Waals surface area contributed by atoms with Crippen LogP contribution in [0.2, 0.25) is 0 Å². The molecule has 0 saturated carbocycles. The van der Waals surface area contributed by atoms with Gasteiger partial charge >= 0.3 is 0 Å².